The molecule has 0 aliphatic carbocycles. The van der Waals surface area contributed by atoms with Crippen LogP contribution in [0.2, 0.25) is 0 Å². The van der Waals surface area contributed by atoms with E-state index in [1.807, 2.05) is 68.4 Å². The highest BCUT2D eigenvalue weighted by Gasteiger charge is 2.20. The van der Waals surface area contributed by atoms with Crippen molar-refractivity contribution < 1.29 is 4.74 Å². The second-order valence-electron chi connectivity index (χ2n) is 7.31. The minimum Gasteiger partial charge on any atom is -0.497 e. The van der Waals surface area contributed by atoms with Crippen LogP contribution < -0.4 is 20.7 Å². The number of benzene rings is 1. The number of aryl methyl sites for hydroxylation is 1. The first-order valence-electron chi connectivity index (χ1n) is 9.93. The Bertz CT molecular complexity index is 1320. The summed E-state index contributed by atoms with van der Waals surface area (Å²) in [6, 6.07) is 11.4. The Labute approximate surface area is 185 Å². The summed E-state index contributed by atoms with van der Waals surface area (Å²) in [5.41, 5.74) is 8.87. The van der Waals surface area contributed by atoms with E-state index in [1.165, 1.54) is 6.33 Å². The third-order valence-electron chi connectivity index (χ3n) is 5.20. The van der Waals surface area contributed by atoms with Gasteiger partial charge in [-0.2, -0.15) is 10.4 Å². The Balaban J connectivity index is 1.77. The van der Waals surface area contributed by atoms with Gasteiger partial charge in [0, 0.05) is 25.0 Å². The highest BCUT2D eigenvalue weighted by molar-refractivity contribution is 5.78. The fourth-order valence-corrected chi connectivity index (χ4v) is 3.42. The van der Waals surface area contributed by atoms with Crippen LogP contribution in [-0.4, -0.2) is 38.7 Å². The van der Waals surface area contributed by atoms with Gasteiger partial charge in [-0.3, -0.25) is 0 Å². The number of nitriles is 1. The summed E-state index contributed by atoms with van der Waals surface area (Å²) in [5, 5.41) is 17.3. The Morgan fingerprint density at radius 1 is 1.28 bits per heavy atom. The fourth-order valence-electron chi connectivity index (χ4n) is 3.42. The maximum atomic E-state index is 9.41. The van der Waals surface area contributed by atoms with Crippen molar-refractivity contribution in [1.29, 1.82) is 5.26 Å². The molecule has 4 aromatic rings. The van der Waals surface area contributed by atoms with Gasteiger partial charge in [0.25, 0.3) is 0 Å². The van der Waals surface area contributed by atoms with Crippen LogP contribution in [0.3, 0.4) is 0 Å². The number of fused-ring (bicyclic) bond motifs is 1. The first-order valence-corrected chi connectivity index (χ1v) is 9.93. The van der Waals surface area contributed by atoms with Crippen LogP contribution in [0.4, 0.5) is 23.1 Å². The molecule has 0 saturated carbocycles. The number of anilines is 4. The van der Waals surface area contributed by atoms with Gasteiger partial charge in [0.2, 0.25) is 0 Å². The predicted molar refractivity (Wildman–Crippen MR) is 122 cm³/mol. The van der Waals surface area contributed by atoms with Gasteiger partial charge in [-0.25, -0.2) is 19.5 Å². The average molecular weight is 429 g/mol. The summed E-state index contributed by atoms with van der Waals surface area (Å²) in [4.78, 5) is 14.9. The van der Waals surface area contributed by atoms with Gasteiger partial charge in [-0.15, -0.1) is 0 Å². The molecule has 4 rings (SSSR count). The van der Waals surface area contributed by atoms with Crippen LogP contribution >= 0.6 is 0 Å². The Hall–Kier alpha value is -4.39. The molecule has 3 heterocycles. The van der Waals surface area contributed by atoms with Gasteiger partial charge in [-0.05, 0) is 37.6 Å². The summed E-state index contributed by atoms with van der Waals surface area (Å²) >= 11 is 0. The predicted octanol–water partition coefficient (Wildman–Crippen LogP) is 3.23. The zero-order valence-corrected chi connectivity index (χ0v) is 18.2. The van der Waals surface area contributed by atoms with Crippen molar-refractivity contribution in [3.05, 3.63) is 59.8 Å². The molecule has 3 aromatic heterocycles. The monoisotopic (exact) mass is 429 g/mol. The number of hydrogen-bond acceptors (Lipinski definition) is 9. The first kappa shape index (κ1) is 20.9. The van der Waals surface area contributed by atoms with Gasteiger partial charge in [0.15, 0.2) is 11.6 Å². The third kappa shape index (κ3) is 3.72. The fraction of sp³-hybridized carbons (Fsp3) is 0.227. The molecule has 0 aliphatic heterocycles. The molecule has 1 unspecified atom stereocenters. The number of nitrogens with zero attached hydrogens (tertiary/aromatic N) is 7. The van der Waals surface area contributed by atoms with E-state index >= 15 is 0 Å². The molecule has 32 heavy (non-hydrogen) atoms. The molecular weight excluding hydrogens is 406 g/mol. The number of nitrogen functional groups attached to an aromatic ring is 1. The second-order valence-corrected chi connectivity index (χ2v) is 7.31. The van der Waals surface area contributed by atoms with Crippen molar-refractivity contribution in [2.75, 3.05) is 30.1 Å². The van der Waals surface area contributed by atoms with E-state index in [0.29, 0.717) is 11.6 Å². The van der Waals surface area contributed by atoms with Crippen LogP contribution in [0.5, 0.6) is 5.75 Å². The number of hydrogen-bond donors (Lipinski definition) is 2. The smallest absolute Gasteiger partial charge is 0.173 e. The molecule has 0 spiro atoms. The molecule has 3 N–H and O–H groups in total. The summed E-state index contributed by atoms with van der Waals surface area (Å²) in [6.07, 6.45) is 3.21. The number of nitrogens with one attached hydrogen (secondary N) is 1. The molecule has 0 saturated heterocycles. The van der Waals surface area contributed by atoms with E-state index in [2.05, 4.69) is 20.4 Å². The number of aromatic nitrogens is 5. The number of methoxy groups -OCH3 is 1. The number of rotatable bonds is 6. The molecule has 1 atom stereocenters. The van der Waals surface area contributed by atoms with Crippen LogP contribution in [0, 0.1) is 18.3 Å². The highest BCUT2D eigenvalue weighted by atomic mass is 16.5. The lowest BCUT2D eigenvalue weighted by molar-refractivity contribution is 0.415. The van der Waals surface area contributed by atoms with E-state index in [-0.39, 0.29) is 17.4 Å². The molecule has 10 nitrogen and oxygen atoms in total. The van der Waals surface area contributed by atoms with Crippen LogP contribution in [0.15, 0.2) is 42.9 Å². The van der Waals surface area contributed by atoms with Gasteiger partial charge in [0.1, 0.15) is 40.9 Å². The second kappa shape index (κ2) is 8.39. The van der Waals surface area contributed by atoms with Gasteiger partial charge in [-0.1, -0.05) is 6.07 Å². The summed E-state index contributed by atoms with van der Waals surface area (Å²) in [6.45, 7) is 3.91. The quantitative estimate of drug-likeness (QED) is 0.474. The van der Waals surface area contributed by atoms with E-state index < -0.39 is 0 Å². The first-order chi connectivity index (χ1) is 15.4. The highest BCUT2D eigenvalue weighted by Crippen LogP contribution is 2.31. The Morgan fingerprint density at radius 3 is 2.84 bits per heavy atom. The maximum absolute atomic E-state index is 9.41. The largest absolute Gasteiger partial charge is 0.497 e. The van der Waals surface area contributed by atoms with Crippen LogP contribution in [0.1, 0.15) is 29.9 Å². The summed E-state index contributed by atoms with van der Waals surface area (Å²) in [7, 11) is 3.59. The Morgan fingerprint density at radius 2 is 2.09 bits per heavy atom. The van der Waals surface area contributed by atoms with Crippen molar-refractivity contribution in [2.24, 2.45) is 0 Å². The van der Waals surface area contributed by atoms with E-state index in [4.69, 9.17) is 15.5 Å². The minimum absolute atomic E-state index is 0.119. The summed E-state index contributed by atoms with van der Waals surface area (Å²) in [5.74, 6) is 2.48. The average Bonchev–Trinajstić information content (AvgIpc) is 3.19. The molecule has 0 amide bonds. The van der Waals surface area contributed by atoms with E-state index in [0.717, 1.165) is 28.3 Å². The van der Waals surface area contributed by atoms with Gasteiger partial charge < -0.3 is 20.7 Å². The van der Waals surface area contributed by atoms with Crippen LogP contribution in [0.25, 0.3) is 5.52 Å². The van der Waals surface area contributed by atoms with Gasteiger partial charge >= 0.3 is 0 Å². The number of nitrogens with two attached hydrogens (primary N) is 1. The van der Waals surface area contributed by atoms with Crippen molar-refractivity contribution in [1.82, 2.24) is 24.6 Å². The maximum Gasteiger partial charge on any atom is 0.173 e. The molecule has 0 bridgehead atoms. The van der Waals surface area contributed by atoms with Crippen molar-refractivity contribution in [2.45, 2.75) is 19.9 Å². The zero-order valence-electron chi connectivity index (χ0n) is 18.2. The van der Waals surface area contributed by atoms with E-state index in [9.17, 15) is 5.26 Å². The van der Waals surface area contributed by atoms with Crippen LogP contribution in [-0.2, 0) is 0 Å². The molecule has 1 aromatic carbocycles. The van der Waals surface area contributed by atoms with Gasteiger partial charge in [0.05, 0.1) is 13.2 Å². The molecule has 10 heteroatoms. The van der Waals surface area contributed by atoms with Crippen molar-refractivity contribution in [3.63, 3.8) is 0 Å². The minimum atomic E-state index is -0.360. The normalized spacial score (nSPS) is 11.7. The zero-order chi connectivity index (χ0) is 22.8. The van der Waals surface area contributed by atoms with Crippen molar-refractivity contribution in [3.8, 4) is 11.8 Å². The Kier molecular flexibility index (Phi) is 5.47. The lowest BCUT2D eigenvalue weighted by Crippen LogP contribution is -2.19. The lowest BCUT2D eigenvalue weighted by Gasteiger charge is -2.22. The lowest BCUT2D eigenvalue weighted by atomic mass is 10.2. The molecule has 0 radical (unpaired) electrons. The third-order valence-corrected chi connectivity index (χ3v) is 5.20. The SMILES string of the molecule is COc1cccc(N(C)c2nc(C(C)Nc3ncnc(N)c3C#N)nn3ccc(C)c23)c1. The van der Waals surface area contributed by atoms with Crippen molar-refractivity contribution >= 4 is 28.7 Å². The molecule has 0 fully saturated rings. The summed E-state index contributed by atoms with van der Waals surface area (Å²) < 4.78 is 7.18. The molecular formula is C22H23N9O. The molecule has 0 aliphatic rings. The number of ether oxygens (including phenoxy) is 1. The van der Waals surface area contributed by atoms with E-state index in [1.54, 1.807) is 11.6 Å². The standard InChI is InChI=1S/C22H23N9O/c1-13-8-9-31-18(13)22(30(3)15-6-5-7-16(10-15)32-4)28-20(29-31)14(2)27-21-17(11-23)19(24)25-12-26-21/h5-10,12,14H,1-4H3,(H3,24,25,26,27). The molecule has 162 valence electrons. The topological polar surface area (TPSA) is 130 Å².